The first kappa shape index (κ1) is 10.4. The van der Waals surface area contributed by atoms with Crippen molar-refractivity contribution in [2.45, 2.75) is 32.1 Å². The van der Waals surface area contributed by atoms with Crippen LogP contribution in [0.1, 0.15) is 30.4 Å². The summed E-state index contributed by atoms with van der Waals surface area (Å²) in [6.07, 6.45) is 4.89. The maximum Gasteiger partial charge on any atom is 0.182 e. The van der Waals surface area contributed by atoms with E-state index >= 15 is 0 Å². The molecule has 1 aromatic carbocycles. The van der Waals surface area contributed by atoms with Crippen molar-refractivity contribution in [2.75, 3.05) is 5.73 Å². The van der Waals surface area contributed by atoms with Crippen molar-refractivity contribution in [3.05, 3.63) is 16.1 Å². The van der Waals surface area contributed by atoms with Crippen LogP contribution in [0.25, 0.3) is 0 Å². The Morgan fingerprint density at radius 2 is 1.53 bits per heavy atom. The molecule has 0 spiro atoms. The molecular weight excluding hydrogens is 214 g/mol. The number of aromatic hydroxyl groups is 2. The molecule has 0 atom stereocenters. The average Bonchev–Trinajstić information content (AvgIpc) is 2.48. The minimum absolute atomic E-state index is 0.263. The third-order valence-corrected chi connectivity index (χ3v) is 3.40. The molecule has 0 unspecified atom stereocenters. The quantitative estimate of drug-likeness (QED) is 0.363. The van der Waals surface area contributed by atoms with Crippen LogP contribution in [0.15, 0.2) is 0 Å². The number of fused-ring (bicyclic) bond motifs is 1. The molecule has 0 saturated carbocycles. The van der Waals surface area contributed by atoms with Crippen molar-refractivity contribution < 1.29 is 10.2 Å². The monoisotopic (exact) mass is 227 g/mol. The van der Waals surface area contributed by atoms with Gasteiger partial charge >= 0.3 is 0 Å². The normalized spacial score (nSPS) is 15.8. The second-order valence-electron chi connectivity index (χ2n) is 3.94. The van der Waals surface area contributed by atoms with Gasteiger partial charge in [0.05, 0.1) is 10.7 Å². The zero-order valence-corrected chi connectivity index (χ0v) is 9.14. The van der Waals surface area contributed by atoms with Crippen LogP contribution < -0.4 is 5.73 Å². The molecule has 1 aliphatic carbocycles. The van der Waals surface area contributed by atoms with E-state index in [0.717, 1.165) is 43.2 Å². The van der Waals surface area contributed by atoms with E-state index in [-0.39, 0.29) is 22.2 Å². The van der Waals surface area contributed by atoms with Crippen LogP contribution in [-0.4, -0.2) is 10.2 Å². The van der Waals surface area contributed by atoms with Gasteiger partial charge in [0.2, 0.25) is 0 Å². The number of hydrogen-bond acceptors (Lipinski definition) is 3. The molecular formula is C11H14ClNO2. The summed E-state index contributed by atoms with van der Waals surface area (Å²) in [5.41, 5.74) is 7.87. The van der Waals surface area contributed by atoms with Gasteiger partial charge in [-0.2, -0.15) is 0 Å². The highest BCUT2D eigenvalue weighted by Gasteiger charge is 2.21. The Morgan fingerprint density at radius 1 is 0.933 bits per heavy atom. The molecule has 2 rings (SSSR count). The number of benzene rings is 1. The molecule has 15 heavy (non-hydrogen) atoms. The average molecular weight is 228 g/mol. The van der Waals surface area contributed by atoms with Gasteiger partial charge in [0.1, 0.15) is 0 Å². The molecule has 0 saturated heterocycles. The maximum atomic E-state index is 9.58. The third kappa shape index (κ3) is 1.61. The number of rotatable bonds is 0. The van der Waals surface area contributed by atoms with Crippen molar-refractivity contribution in [1.29, 1.82) is 0 Å². The number of phenolic OH excluding ortho intramolecular Hbond substituents is 2. The van der Waals surface area contributed by atoms with Crippen molar-refractivity contribution >= 4 is 17.3 Å². The number of nitrogens with two attached hydrogens (primary N) is 1. The van der Waals surface area contributed by atoms with Gasteiger partial charge in [-0.3, -0.25) is 0 Å². The van der Waals surface area contributed by atoms with Crippen molar-refractivity contribution in [3.8, 4) is 11.5 Å². The van der Waals surface area contributed by atoms with E-state index in [2.05, 4.69) is 0 Å². The van der Waals surface area contributed by atoms with Crippen LogP contribution in [-0.2, 0) is 12.8 Å². The molecule has 0 aliphatic heterocycles. The lowest BCUT2D eigenvalue weighted by molar-refractivity contribution is 0.405. The van der Waals surface area contributed by atoms with Gasteiger partial charge in [-0.1, -0.05) is 18.0 Å². The molecule has 3 nitrogen and oxygen atoms in total. The first-order valence-electron chi connectivity index (χ1n) is 5.13. The number of hydrogen-bond donors (Lipinski definition) is 3. The molecule has 1 aromatic rings. The highest BCUT2D eigenvalue weighted by molar-refractivity contribution is 6.33. The number of anilines is 1. The predicted octanol–water partition coefficient (Wildman–Crippen LogP) is 2.60. The molecule has 0 radical (unpaired) electrons. The maximum absolute atomic E-state index is 9.58. The summed E-state index contributed by atoms with van der Waals surface area (Å²) in [5.74, 6) is -0.560. The highest BCUT2D eigenvalue weighted by Crippen LogP contribution is 2.45. The van der Waals surface area contributed by atoms with Gasteiger partial charge in [-0.15, -0.1) is 0 Å². The first-order chi connectivity index (χ1) is 7.13. The molecule has 4 N–H and O–H groups in total. The molecule has 0 heterocycles. The Balaban J connectivity index is 2.66. The van der Waals surface area contributed by atoms with Gasteiger partial charge in [0.15, 0.2) is 11.5 Å². The van der Waals surface area contributed by atoms with E-state index in [1.54, 1.807) is 0 Å². The summed E-state index contributed by atoms with van der Waals surface area (Å²) >= 11 is 6.00. The van der Waals surface area contributed by atoms with Crippen LogP contribution >= 0.6 is 11.6 Å². The zero-order valence-electron chi connectivity index (χ0n) is 8.39. The van der Waals surface area contributed by atoms with E-state index in [9.17, 15) is 10.2 Å². The van der Waals surface area contributed by atoms with Gasteiger partial charge in [0, 0.05) is 0 Å². The van der Waals surface area contributed by atoms with Crippen LogP contribution in [0.4, 0.5) is 5.69 Å². The Hall–Kier alpha value is -1.09. The lowest BCUT2D eigenvalue weighted by atomic mass is 9.99. The SMILES string of the molecule is Nc1c(O)c(O)c(Cl)c2c1CCCCC2. The second kappa shape index (κ2) is 3.81. The van der Waals surface area contributed by atoms with Gasteiger partial charge in [0.25, 0.3) is 0 Å². The van der Waals surface area contributed by atoms with Gasteiger partial charge in [-0.05, 0) is 36.8 Å². The molecule has 4 heteroatoms. The summed E-state index contributed by atoms with van der Waals surface area (Å²) < 4.78 is 0. The van der Waals surface area contributed by atoms with E-state index in [1.165, 1.54) is 0 Å². The fourth-order valence-electron chi connectivity index (χ4n) is 2.14. The summed E-state index contributed by atoms with van der Waals surface area (Å²) in [6, 6.07) is 0. The molecule has 0 bridgehead atoms. The highest BCUT2D eigenvalue weighted by atomic mass is 35.5. The lowest BCUT2D eigenvalue weighted by Gasteiger charge is -2.14. The molecule has 0 aromatic heterocycles. The summed E-state index contributed by atoms with van der Waals surface area (Å²) in [6.45, 7) is 0. The number of phenols is 2. The number of halogens is 1. The minimum Gasteiger partial charge on any atom is -0.503 e. The second-order valence-corrected chi connectivity index (χ2v) is 4.32. The lowest BCUT2D eigenvalue weighted by Crippen LogP contribution is -2.00. The van der Waals surface area contributed by atoms with E-state index in [4.69, 9.17) is 17.3 Å². The predicted molar refractivity (Wildman–Crippen MR) is 60.5 cm³/mol. The fraction of sp³-hybridized carbons (Fsp3) is 0.455. The molecule has 1 aliphatic rings. The number of nitrogen functional groups attached to an aromatic ring is 1. The Morgan fingerprint density at radius 3 is 2.20 bits per heavy atom. The van der Waals surface area contributed by atoms with Crippen molar-refractivity contribution in [1.82, 2.24) is 0 Å². The molecule has 82 valence electrons. The van der Waals surface area contributed by atoms with Gasteiger partial charge in [-0.25, -0.2) is 0 Å². The fourth-order valence-corrected chi connectivity index (χ4v) is 2.44. The van der Waals surface area contributed by atoms with Crippen LogP contribution in [0, 0.1) is 0 Å². The van der Waals surface area contributed by atoms with Crippen LogP contribution in [0.5, 0.6) is 11.5 Å². The summed E-state index contributed by atoms with van der Waals surface area (Å²) in [5, 5.41) is 19.4. The van der Waals surface area contributed by atoms with E-state index in [1.807, 2.05) is 0 Å². The van der Waals surface area contributed by atoms with Crippen molar-refractivity contribution in [2.24, 2.45) is 0 Å². The smallest absolute Gasteiger partial charge is 0.182 e. The molecule has 0 amide bonds. The van der Waals surface area contributed by atoms with Crippen LogP contribution in [0.2, 0.25) is 5.02 Å². The Bertz CT molecular complexity index is 367. The minimum atomic E-state index is -0.283. The largest absolute Gasteiger partial charge is 0.503 e. The zero-order chi connectivity index (χ0) is 11.0. The topological polar surface area (TPSA) is 66.5 Å². The van der Waals surface area contributed by atoms with E-state index in [0.29, 0.717) is 0 Å². The third-order valence-electron chi connectivity index (χ3n) is 3.00. The summed E-state index contributed by atoms with van der Waals surface area (Å²) in [4.78, 5) is 0. The van der Waals surface area contributed by atoms with E-state index < -0.39 is 0 Å². The van der Waals surface area contributed by atoms with Crippen LogP contribution in [0.3, 0.4) is 0 Å². The standard InChI is InChI=1S/C11H14ClNO2/c12-8-6-4-2-1-3-5-7(6)9(13)11(15)10(8)14/h14-15H,1-5,13H2. The Labute approximate surface area is 93.5 Å². The first-order valence-corrected chi connectivity index (χ1v) is 5.51. The molecule has 0 fully saturated rings. The summed E-state index contributed by atoms with van der Waals surface area (Å²) in [7, 11) is 0. The Kier molecular flexibility index (Phi) is 2.65. The van der Waals surface area contributed by atoms with Gasteiger partial charge < -0.3 is 15.9 Å². The van der Waals surface area contributed by atoms with Crippen molar-refractivity contribution in [3.63, 3.8) is 0 Å².